The van der Waals surface area contributed by atoms with Crippen molar-refractivity contribution in [3.05, 3.63) is 41.7 Å². The van der Waals surface area contributed by atoms with Crippen LogP contribution in [0.4, 0.5) is 8.78 Å². The minimum absolute atomic E-state index is 0.160. The first-order chi connectivity index (χ1) is 12.0. The lowest BCUT2D eigenvalue weighted by Crippen LogP contribution is -2.39. The number of ether oxygens (including phenoxy) is 2. The molecule has 6 nitrogen and oxygen atoms in total. The van der Waals surface area contributed by atoms with Crippen molar-refractivity contribution >= 4 is 5.91 Å². The van der Waals surface area contributed by atoms with Gasteiger partial charge in [0, 0.05) is 23.9 Å². The van der Waals surface area contributed by atoms with E-state index in [0.29, 0.717) is 53.4 Å². The Labute approximate surface area is 143 Å². The molecular formula is C17H19F2N3O3. The molecule has 8 heteroatoms. The second-order valence-corrected chi connectivity index (χ2v) is 5.74. The predicted octanol–water partition coefficient (Wildman–Crippen LogP) is 2.40. The molecule has 0 bridgehead atoms. The lowest BCUT2D eigenvalue weighted by Gasteiger charge is -2.23. The highest BCUT2D eigenvalue weighted by molar-refractivity contribution is 5.95. The summed E-state index contributed by atoms with van der Waals surface area (Å²) in [6.45, 7) is 0.845. The summed E-state index contributed by atoms with van der Waals surface area (Å²) >= 11 is 0. The molecule has 25 heavy (non-hydrogen) atoms. The smallest absolute Gasteiger partial charge is 0.333 e. The van der Waals surface area contributed by atoms with E-state index < -0.39 is 6.55 Å². The van der Waals surface area contributed by atoms with Crippen molar-refractivity contribution in [2.45, 2.75) is 19.6 Å². The van der Waals surface area contributed by atoms with Crippen LogP contribution in [-0.4, -0.2) is 48.2 Å². The van der Waals surface area contributed by atoms with E-state index in [2.05, 4.69) is 10.4 Å². The Kier molecular flexibility index (Phi) is 5.40. The van der Waals surface area contributed by atoms with E-state index in [-0.39, 0.29) is 12.0 Å². The molecule has 1 unspecified atom stereocenters. The molecule has 0 aliphatic carbocycles. The lowest BCUT2D eigenvalue weighted by molar-refractivity contribution is -0.0855. The minimum atomic E-state index is -2.70. The molecule has 1 N–H and O–H groups in total. The van der Waals surface area contributed by atoms with Crippen LogP contribution in [-0.2, 0) is 9.47 Å². The van der Waals surface area contributed by atoms with Crippen LogP contribution in [0.3, 0.4) is 0 Å². The molecule has 2 heterocycles. The Morgan fingerprint density at radius 1 is 1.44 bits per heavy atom. The van der Waals surface area contributed by atoms with Gasteiger partial charge in [-0.3, -0.25) is 4.79 Å². The average Bonchev–Trinajstić information content (AvgIpc) is 3.03. The fourth-order valence-corrected chi connectivity index (χ4v) is 2.66. The maximum Gasteiger partial charge on any atom is 0.333 e. The van der Waals surface area contributed by atoms with Gasteiger partial charge in [-0.15, -0.1) is 0 Å². The van der Waals surface area contributed by atoms with Gasteiger partial charge in [-0.1, -0.05) is 12.1 Å². The normalized spacial score (nSPS) is 17.7. The zero-order valence-corrected chi connectivity index (χ0v) is 13.7. The number of rotatable bonds is 5. The summed E-state index contributed by atoms with van der Waals surface area (Å²) in [6.07, 6.45) is 1.12. The van der Waals surface area contributed by atoms with Gasteiger partial charge in [-0.25, -0.2) is 4.68 Å². The van der Waals surface area contributed by atoms with E-state index in [4.69, 9.17) is 9.47 Å². The zero-order chi connectivity index (χ0) is 17.8. The molecule has 134 valence electrons. The summed E-state index contributed by atoms with van der Waals surface area (Å²) in [6, 6.07) is 6.80. The molecule has 1 aliphatic heterocycles. The van der Waals surface area contributed by atoms with Crippen LogP contribution in [0.5, 0.6) is 0 Å². The van der Waals surface area contributed by atoms with Crippen LogP contribution in [0.2, 0.25) is 0 Å². The van der Waals surface area contributed by atoms with Crippen LogP contribution < -0.4 is 5.32 Å². The van der Waals surface area contributed by atoms with Crippen molar-refractivity contribution in [2.75, 3.05) is 26.4 Å². The minimum Gasteiger partial charge on any atom is -0.376 e. The van der Waals surface area contributed by atoms with Gasteiger partial charge in [-0.05, 0) is 24.6 Å². The number of benzene rings is 1. The fraction of sp³-hybridized carbons (Fsp3) is 0.412. The summed E-state index contributed by atoms with van der Waals surface area (Å²) in [7, 11) is 0. The van der Waals surface area contributed by atoms with Crippen molar-refractivity contribution in [3.63, 3.8) is 0 Å². The molecule has 1 aromatic carbocycles. The highest BCUT2D eigenvalue weighted by Gasteiger charge is 2.17. The lowest BCUT2D eigenvalue weighted by atomic mass is 10.0. The fourth-order valence-electron chi connectivity index (χ4n) is 2.66. The van der Waals surface area contributed by atoms with Gasteiger partial charge in [0.25, 0.3) is 5.91 Å². The number of aromatic nitrogens is 2. The standard InChI is InChI=1S/C17H19F2N3O3/c1-11-15(9-22(21-11)17(18)19)12-3-2-4-13(7-12)16(23)20-8-14-10-24-5-6-25-14/h2-4,7,9,14,17H,5-6,8,10H2,1H3,(H,20,23). The van der Waals surface area contributed by atoms with Crippen LogP contribution in [0.1, 0.15) is 22.6 Å². The van der Waals surface area contributed by atoms with Crippen molar-refractivity contribution in [1.82, 2.24) is 15.1 Å². The van der Waals surface area contributed by atoms with E-state index in [0.717, 1.165) is 0 Å². The van der Waals surface area contributed by atoms with Crippen molar-refractivity contribution in [1.29, 1.82) is 0 Å². The third-order valence-electron chi connectivity index (χ3n) is 3.93. The van der Waals surface area contributed by atoms with E-state index in [1.165, 1.54) is 6.20 Å². The molecule has 2 aromatic rings. The van der Waals surface area contributed by atoms with Crippen LogP contribution in [0, 0.1) is 6.92 Å². The number of carbonyl (C=O) groups is 1. The van der Waals surface area contributed by atoms with Crippen molar-refractivity contribution in [2.24, 2.45) is 0 Å². The Balaban J connectivity index is 1.71. The Hall–Kier alpha value is -2.32. The predicted molar refractivity (Wildman–Crippen MR) is 86.5 cm³/mol. The van der Waals surface area contributed by atoms with Gasteiger partial charge >= 0.3 is 6.55 Å². The Morgan fingerprint density at radius 3 is 2.96 bits per heavy atom. The molecule has 1 saturated heterocycles. The maximum absolute atomic E-state index is 12.8. The molecule has 0 radical (unpaired) electrons. The molecule has 1 aromatic heterocycles. The molecule has 0 spiro atoms. The maximum atomic E-state index is 12.8. The third kappa shape index (κ3) is 4.21. The Bertz CT molecular complexity index is 742. The summed E-state index contributed by atoms with van der Waals surface area (Å²) in [5.74, 6) is -0.255. The van der Waals surface area contributed by atoms with E-state index in [1.54, 1.807) is 31.2 Å². The van der Waals surface area contributed by atoms with Crippen LogP contribution in [0.15, 0.2) is 30.5 Å². The average molecular weight is 351 g/mol. The Morgan fingerprint density at radius 2 is 2.28 bits per heavy atom. The number of halogens is 2. The van der Waals surface area contributed by atoms with Gasteiger partial charge in [-0.2, -0.15) is 13.9 Å². The number of alkyl halides is 2. The molecule has 1 atom stereocenters. The first kappa shape index (κ1) is 17.5. The van der Waals surface area contributed by atoms with Gasteiger partial charge in [0.15, 0.2) is 0 Å². The summed E-state index contributed by atoms with van der Waals surface area (Å²) in [4.78, 5) is 12.3. The topological polar surface area (TPSA) is 65.4 Å². The quantitative estimate of drug-likeness (QED) is 0.898. The largest absolute Gasteiger partial charge is 0.376 e. The van der Waals surface area contributed by atoms with E-state index in [1.807, 2.05) is 0 Å². The number of nitrogens with zero attached hydrogens (tertiary/aromatic N) is 2. The molecule has 3 rings (SSSR count). The molecule has 1 aliphatic rings. The number of amides is 1. The van der Waals surface area contributed by atoms with Gasteiger partial charge < -0.3 is 14.8 Å². The molecular weight excluding hydrogens is 332 g/mol. The van der Waals surface area contributed by atoms with Crippen LogP contribution >= 0.6 is 0 Å². The first-order valence-corrected chi connectivity index (χ1v) is 7.96. The van der Waals surface area contributed by atoms with Gasteiger partial charge in [0.1, 0.15) is 0 Å². The van der Waals surface area contributed by atoms with Crippen LogP contribution in [0.25, 0.3) is 11.1 Å². The number of nitrogens with one attached hydrogen (secondary N) is 1. The molecule has 0 saturated carbocycles. The third-order valence-corrected chi connectivity index (χ3v) is 3.93. The van der Waals surface area contributed by atoms with Crippen molar-refractivity contribution in [3.8, 4) is 11.1 Å². The second-order valence-electron chi connectivity index (χ2n) is 5.74. The number of carbonyl (C=O) groups excluding carboxylic acids is 1. The van der Waals surface area contributed by atoms with E-state index in [9.17, 15) is 13.6 Å². The van der Waals surface area contributed by atoms with E-state index >= 15 is 0 Å². The summed E-state index contributed by atoms with van der Waals surface area (Å²) < 4.78 is 36.9. The van der Waals surface area contributed by atoms with Gasteiger partial charge in [0.2, 0.25) is 0 Å². The number of aryl methyl sites for hydroxylation is 1. The molecule has 1 fully saturated rings. The SMILES string of the molecule is Cc1nn(C(F)F)cc1-c1cccc(C(=O)NCC2COCCO2)c1. The highest BCUT2D eigenvalue weighted by atomic mass is 19.3. The number of hydrogen-bond donors (Lipinski definition) is 1. The summed E-state index contributed by atoms with van der Waals surface area (Å²) in [5.41, 5.74) is 2.15. The zero-order valence-electron chi connectivity index (χ0n) is 13.7. The first-order valence-electron chi connectivity index (χ1n) is 7.96. The van der Waals surface area contributed by atoms with Gasteiger partial charge in [0.05, 0.1) is 31.6 Å². The molecule has 1 amide bonds. The second kappa shape index (κ2) is 7.71. The monoisotopic (exact) mass is 351 g/mol. The highest BCUT2D eigenvalue weighted by Crippen LogP contribution is 2.25. The summed E-state index contributed by atoms with van der Waals surface area (Å²) in [5, 5.41) is 6.59. The van der Waals surface area contributed by atoms with Crippen molar-refractivity contribution < 1.29 is 23.0 Å². The number of hydrogen-bond acceptors (Lipinski definition) is 4.